The van der Waals surface area contributed by atoms with E-state index in [2.05, 4.69) is 4.72 Å². The van der Waals surface area contributed by atoms with Gasteiger partial charge in [0.15, 0.2) is 0 Å². The molecule has 4 nitrogen and oxygen atoms in total. The molecule has 0 spiro atoms. The lowest BCUT2D eigenvalue weighted by molar-refractivity contribution is 0.288. The molecule has 1 N–H and O–H groups in total. The fraction of sp³-hybridized carbons (Fsp3) is 0.250. The molecular weight excluding hydrogens is 286 g/mol. The van der Waals surface area contributed by atoms with Gasteiger partial charge >= 0.3 is 0 Å². The maximum absolute atomic E-state index is 12.4. The molecular formula is C16H17NO3S. The Morgan fingerprint density at radius 2 is 1.86 bits per heavy atom. The lowest BCUT2D eigenvalue weighted by Gasteiger charge is -2.18. The van der Waals surface area contributed by atoms with E-state index >= 15 is 0 Å². The van der Waals surface area contributed by atoms with Gasteiger partial charge in [-0.15, -0.1) is 0 Å². The Hall–Kier alpha value is -2.01. The zero-order valence-electron chi connectivity index (χ0n) is 11.8. The fourth-order valence-corrected chi connectivity index (χ4v) is 3.45. The maximum atomic E-state index is 12.4. The molecule has 2 aromatic rings. The van der Waals surface area contributed by atoms with Crippen LogP contribution in [0.5, 0.6) is 5.75 Å². The molecule has 0 aliphatic carbocycles. The first-order chi connectivity index (χ1) is 10.0. The predicted octanol–water partition coefficient (Wildman–Crippen LogP) is 3.12. The van der Waals surface area contributed by atoms with E-state index in [9.17, 15) is 8.42 Å². The minimum Gasteiger partial charge on any atom is -0.493 e. The molecule has 3 rings (SSSR count). The van der Waals surface area contributed by atoms with Crippen LogP contribution in [0.3, 0.4) is 0 Å². The second-order valence-electron chi connectivity index (χ2n) is 5.19. The summed E-state index contributed by atoms with van der Waals surface area (Å²) in [6.07, 6.45) is 1.77. The van der Waals surface area contributed by atoms with Crippen molar-refractivity contribution < 1.29 is 13.2 Å². The van der Waals surface area contributed by atoms with Gasteiger partial charge in [-0.2, -0.15) is 0 Å². The molecule has 2 aromatic carbocycles. The molecule has 0 atom stereocenters. The lowest BCUT2D eigenvalue weighted by atomic mass is 10.1. The summed E-state index contributed by atoms with van der Waals surface area (Å²) in [7, 11) is -3.57. The number of sulfonamides is 1. The Morgan fingerprint density at radius 3 is 2.62 bits per heavy atom. The molecule has 1 aliphatic rings. The third-order valence-electron chi connectivity index (χ3n) is 3.49. The molecule has 0 aromatic heterocycles. The number of aryl methyl sites for hydroxylation is 2. The quantitative estimate of drug-likeness (QED) is 0.948. The largest absolute Gasteiger partial charge is 0.493 e. The number of nitrogens with one attached hydrogen (secondary N) is 1. The lowest BCUT2D eigenvalue weighted by Crippen LogP contribution is -2.15. The second-order valence-corrected chi connectivity index (χ2v) is 6.88. The number of benzene rings is 2. The van der Waals surface area contributed by atoms with Crippen molar-refractivity contribution in [2.24, 2.45) is 0 Å². The topological polar surface area (TPSA) is 55.4 Å². The monoisotopic (exact) mass is 303 g/mol. The van der Waals surface area contributed by atoms with E-state index < -0.39 is 10.0 Å². The van der Waals surface area contributed by atoms with Crippen molar-refractivity contribution in [1.29, 1.82) is 0 Å². The van der Waals surface area contributed by atoms with E-state index in [0.717, 1.165) is 29.7 Å². The van der Waals surface area contributed by atoms with Crippen LogP contribution in [0.2, 0.25) is 0 Å². The molecule has 5 heteroatoms. The molecule has 0 bridgehead atoms. The number of ether oxygens (including phenoxy) is 1. The third-order valence-corrected chi connectivity index (χ3v) is 4.87. The molecule has 0 unspecified atom stereocenters. The summed E-state index contributed by atoms with van der Waals surface area (Å²) >= 11 is 0. The van der Waals surface area contributed by atoms with Gasteiger partial charge in [0, 0.05) is 5.69 Å². The summed E-state index contributed by atoms with van der Waals surface area (Å²) in [4.78, 5) is 0.271. The molecule has 0 saturated carbocycles. The Morgan fingerprint density at radius 1 is 1.10 bits per heavy atom. The number of anilines is 1. The van der Waals surface area contributed by atoms with Crippen molar-refractivity contribution >= 4 is 15.7 Å². The van der Waals surface area contributed by atoms with E-state index in [1.54, 1.807) is 30.3 Å². The summed E-state index contributed by atoms with van der Waals surface area (Å²) in [6.45, 7) is 2.66. The van der Waals surface area contributed by atoms with Crippen LogP contribution in [0.4, 0.5) is 5.69 Å². The van der Waals surface area contributed by atoms with Gasteiger partial charge < -0.3 is 4.74 Å². The first-order valence-corrected chi connectivity index (χ1v) is 8.38. The van der Waals surface area contributed by atoms with Crippen molar-refractivity contribution in [3.05, 3.63) is 53.6 Å². The number of hydrogen-bond acceptors (Lipinski definition) is 3. The van der Waals surface area contributed by atoms with E-state index in [-0.39, 0.29) is 4.90 Å². The van der Waals surface area contributed by atoms with E-state index in [4.69, 9.17) is 4.74 Å². The standard InChI is InChI=1S/C16H17NO3S/c1-12-4-6-14(7-5-12)17-21(18,19)15-8-9-16-13(11-15)3-2-10-20-16/h4-9,11,17H,2-3,10H2,1H3. The second kappa shape index (κ2) is 5.41. The minimum atomic E-state index is -3.57. The Bertz CT molecular complexity index is 752. The average molecular weight is 303 g/mol. The highest BCUT2D eigenvalue weighted by atomic mass is 32.2. The molecule has 1 heterocycles. The SMILES string of the molecule is Cc1ccc(NS(=O)(=O)c2ccc3c(c2)CCCO3)cc1. The normalized spacial score (nSPS) is 14.1. The summed E-state index contributed by atoms with van der Waals surface area (Å²) < 4.78 is 32.9. The Labute approximate surface area is 124 Å². The molecule has 0 radical (unpaired) electrons. The van der Waals surface area contributed by atoms with Crippen LogP contribution in [0.25, 0.3) is 0 Å². The maximum Gasteiger partial charge on any atom is 0.261 e. The van der Waals surface area contributed by atoms with Crippen LogP contribution in [0, 0.1) is 6.92 Å². The molecule has 0 fully saturated rings. The van der Waals surface area contributed by atoms with Gasteiger partial charge in [-0.05, 0) is 55.7 Å². The van der Waals surface area contributed by atoms with Gasteiger partial charge in [0.1, 0.15) is 5.75 Å². The van der Waals surface area contributed by atoms with Crippen LogP contribution >= 0.6 is 0 Å². The van der Waals surface area contributed by atoms with Crippen LogP contribution in [-0.4, -0.2) is 15.0 Å². The zero-order chi connectivity index (χ0) is 14.9. The molecule has 0 amide bonds. The molecule has 0 saturated heterocycles. The van der Waals surface area contributed by atoms with Gasteiger partial charge in [-0.25, -0.2) is 8.42 Å². The average Bonchev–Trinajstić information content (AvgIpc) is 2.49. The van der Waals surface area contributed by atoms with Crippen LogP contribution in [0.15, 0.2) is 47.4 Å². The summed E-state index contributed by atoms with van der Waals surface area (Å²) in [5.74, 6) is 0.788. The van der Waals surface area contributed by atoms with Crippen LogP contribution in [0.1, 0.15) is 17.5 Å². The van der Waals surface area contributed by atoms with Crippen molar-refractivity contribution in [1.82, 2.24) is 0 Å². The summed E-state index contributed by atoms with van der Waals surface area (Å²) in [6, 6.07) is 12.3. The highest BCUT2D eigenvalue weighted by Crippen LogP contribution is 2.28. The van der Waals surface area contributed by atoms with Gasteiger partial charge in [0.2, 0.25) is 0 Å². The minimum absolute atomic E-state index is 0.271. The van der Waals surface area contributed by atoms with Crippen molar-refractivity contribution in [3.63, 3.8) is 0 Å². The van der Waals surface area contributed by atoms with Gasteiger partial charge in [-0.1, -0.05) is 17.7 Å². The van der Waals surface area contributed by atoms with Gasteiger partial charge in [-0.3, -0.25) is 4.72 Å². The summed E-state index contributed by atoms with van der Waals surface area (Å²) in [5.41, 5.74) is 2.60. The number of rotatable bonds is 3. The zero-order valence-corrected chi connectivity index (χ0v) is 12.6. The third kappa shape index (κ3) is 3.03. The first-order valence-electron chi connectivity index (χ1n) is 6.90. The van der Waals surface area contributed by atoms with E-state index in [0.29, 0.717) is 12.3 Å². The fourth-order valence-electron chi connectivity index (χ4n) is 2.34. The van der Waals surface area contributed by atoms with Crippen LogP contribution in [-0.2, 0) is 16.4 Å². The Balaban J connectivity index is 1.89. The predicted molar refractivity (Wildman–Crippen MR) is 82.2 cm³/mol. The Kier molecular flexibility index (Phi) is 3.59. The smallest absolute Gasteiger partial charge is 0.261 e. The summed E-state index contributed by atoms with van der Waals surface area (Å²) in [5, 5.41) is 0. The number of hydrogen-bond donors (Lipinski definition) is 1. The number of fused-ring (bicyclic) bond motifs is 1. The van der Waals surface area contributed by atoms with E-state index in [1.807, 2.05) is 19.1 Å². The van der Waals surface area contributed by atoms with Crippen molar-refractivity contribution in [3.8, 4) is 5.75 Å². The first kappa shape index (κ1) is 13.9. The van der Waals surface area contributed by atoms with Gasteiger partial charge in [0.25, 0.3) is 10.0 Å². The van der Waals surface area contributed by atoms with E-state index in [1.165, 1.54) is 0 Å². The van der Waals surface area contributed by atoms with Crippen molar-refractivity contribution in [2.75, 3.05) is 11.3 Å². The van der Waals surface area contributed by atoms with Crippen molar-refractivity contribution in [2.45, 2.75) is 24.7 Å². The highest BCUT2D eigenvalue weighted by Gasteiger charge is 2.18. The van der Waals surface area contributed by atoms with Gasteiger partial charge in [0.05, 0.1) is 11.5 Å². The molecule has 21 heavy (non-hydrogen) atoms. The molecule has 1 aliphatic heterocycles. The van der Waals surface area contributed by atoms with Crippen LogP contribution < -0.4 is 9.46 Å². The molecule has 110 valence electrons. The highest BCUT2D eigenvalue weighted by molar-refractivity contribution is 7.92.